The summed E-state index contributed by atoms with van der Waals surface area (Å²) in [6.45, 7) is 0.00981. The topological polar surface area (TPSA) is 72.2 Å². The summed E-state index contributed by atoms with van der Waals surface area (Å²) in [4.78, 5) is 19.9. The Morgan fingerprint density at radius 1 is 1.62 bits per heavy atom. The van der Waals surface area contributed by atoms with E-state index in [1.807, 2.05) is 0 Å². The van der Waals surface area contributed by atoms with E-state index >= 15 is 0 Å². The Bertz CT molecular complexity index is 99.9. The van der Waals surface area contributed by atoms with Crippen LogP contribution in [0.25, 0.3) is 0 Å². The summed E-state index contributed by atoms with van der Waals surface area (Å²) < 4.78 is -0.138. The fourth-order valence-electron chi connectivity index (χ4n) is 0.157. The van der Waals surface area contributed by atoms with Gasteiger partial charge in [0.25, 0.3) is 0 Å². The second-order valence-electron chi connectivity index (χ2n) is 1.07. The van der Waals surface area contributed by atoms with Gasteiger partial charge in [0.2, 0.25) is 3.79 Å². The third kappa shape index (κ3) is 5.67. The molecule has 0 aliphatic carbocycles. The van der Waals surface area contributed by atoms with Gasteiger partial charge in [-0.25, -0.2) is 4.79 Å². The van der Waals surface area contributed by atoms with Gasteiger partial charge >= 0.3 is 6.03 Å². The van der Waals surface area contributed by atoms with Crippen molar-refractivity contribution in [1.82, 2.24) is 5.32 Å². The second-order valence-corrected chi connectivity index (χ2v) is 2.28. The number of urea groups is 1. The molecule has 0 bridgehead atoms. The Labute approximate surface area is 59.9 Å². The highest BCUT2D eigenvalue weighted by Crippen LogP contribution is 1.79. The summed E-state index contributed by atoms with van der Waals surface area (Å²) in [7, 11) is 0. The Morgan fingerprint density at radius 3 is 2.25 bits per heavy atom. The average Bonchev–Trinajstić information content (AvgIpc) is 1.61. The van der Waals surface area contributed by atoms with Crippen LogP contribution < -0.4 is 11.1 Å². The molecule has 0 aromatic rings. The fourth-order valence-corrected chi connectivity index (χ4v) is 0.347. The fraction of sp³-hybridized carbons (Fsp3) is 0.333. The molecule has 3 N–H and O–H groups in total. The van der Waals surface area contributed by atoms with Gasteiger partial charge in [-0.05, 0) is 0 Å². The molecule has 0 saturated heterocycles. The molecule has 0 heterocycles. The van der Waals surface area contributed by atoms with E-state index in [1.165, 1.54) is 0 Å². The van der Waals surface area contributed by atoms with E-state index in [-0.39, 0.29) is 10.3 Å². The highest BCUT2D eigenvalue weighted by Gasteiger charge is 1.94. The molecule has 0 aliphatic heterocycles. The van der Waals surface area contributed by atoms with E-state index in [2.05, 4.69) is 11.1 Å². The van der Waals surface area contributed by atoms with Crippen molar-refractivity contribution in [2.24, 2.45) is 5.73 Å². The van der Waals surface area contributed by atoms with E-state index in [1.54, 1.807) is 22.6 Å². The third-order valence-electron chi connectivity index (χ3n) is 0.402. The monoisotopic (exact) mass is 228 g/mol. The van der Waals surface area contributed by atoms with Crippen molar-refractivity contribution in [3.8, 4) is 0 Å². The van der Waals surface area contributed by atoms with Gasteiger partial charge in [-0.1, -0.05) is 0 Å². The first-order chi connectivity index (χ1) is 3.63. The summed E-state index contributed by atoms with van der Waals surface area (Å²) >= 11 is 1.57. The van der Waals surface area contributed by atoms with Crippen molar-refractivity contribution in [1.29, 1.82) is 0 Å². The minimum Gasteiger partial charge on any atom is -0.352 e. The number of primary amides is 1. The van der Waals surface area contributed by atoms with Crippen molar-refractivity contribution < 1.29 is 9.59 Å². The van der Waals surface area contributed by atoms with E-state index in [0.717, 1.165) is 0 Å². The zero-order valence-electron chi connectivity index (χ0n) is 3.98. The number of nitrogens with one attached hydrogen (secondary N) is 1. The molecule has 0 aromatic heterocycles. The van der Waals surface area contributed by atoms with Gasteiger partial charge < -0.3 is 11.1 Å². The Balaban J connectivity index is 3.18. The average molecular weight is 228 g/mol. The Kier molecular flexibility index (Phi) is 3.49. The predicted molar refractivity (Wildman–Crippen MR) is 36.6 cm³/mol. The number of rotatable bonds is 2. The highest BCUT2D eigenvalue weighted by molar-refractivity contribution is 14.1. The highest BCUT2D eigenvalue weighted by atomic mass is 127. The summed E-state index contributed by atoms with van der Waals surface area (Å²) in [5, 5.41) is 2.13. The van der Waals surface area contributed by atoms with Crippen molar-refractivity contribution >= 4 is 32.4 Å². The first-order valence-corrected chi connectivity index (χ1v) is 2.92. The maximum atomic E-state index is 10.1. The number of nitrogens with two attached hydrogens (primary N) is 1. The van der Waals surface area contributed by atoms with E-state index < -0.39 is 6.03 Å². The zero-order valence-corrected chi connectivity index (χ0v) is 6.14. The van der Waals surface area contributed by atoms with E-state index in [4.69, 9.17) is 0 Å². The van der Waals surface area contributed by atoms with E-state index in [9.17, 15) is 9.59 Å². The quantitative estimate of drug-likeness (QED) is 0.499. The molecule has 4 nitrogen and oxygen atoms in total. The molecule has 0 radical (unpaired) electrons. The number of carbonyl (C=O) groups excluding carboxylic acids is 2. The molecule has 0 spiro atoms. The lowest BCUT2D eigenvalue weighted by Crippen LogP contribution is -2.32. The third-order valence-corrected chi connectivity index (χ3v) is 0.783. The SMILES string of the molecule is NC(=O)NCC(=O)I. The first kappa shape index (κ1) is 7.67. The molecule has 0 aromatic carbocycles. The molecule has 0 rings (SSSR count). The Morgan fingerprint density at radius 2 is 2.12 bits per heavy atom. The molecule has 8 heavy (non-hydrogen) atoms. The van der Waals surface area contributed by atoms with Crippen molar-refractivity contribution in [2.45, 2.75) is 0 Å². The Hall–Kier alpha value is -0.330. The predicted octanol–water partition coefficient (Wildman–Crippen LogP) is -0.384. The minimum absolute atomic E-state index is 0.00981. The largest absolute Gasteiger partial charge is 0.352 e. The van der Waals surface area contributed by atoms with Crippen molar-refractivity contribution in [2.75, 3.05) is 6.54 Å². The lowest BCUT2D eigenvalue weighted by atomic mass is 10.7. The molecule has 0 saturated carbocycles. The van der Waals surface area contributed by atoms with Gasteiger partial charge in [0.1, 0.15) is 0 Å². The maximum Gasteiger partial charge on any atom is 0.312 e. The van der Waals surface area contributed by atoms with Crippen LogP contribution >= 0.6 is 22.6 Å². The number of amides is 2. The molecule has 0 unspecified atom stereocenters. The molecule has 0 atom stereocenters. The van der Waals surface area contributed by atoms with Crippen LogP contribution in [0.4, 0.5) is 4.79 Å². The molecule has 46 valence electrons. The summed E-state index contributed by atoms with van der Waals surface area (Å²) in [6.07, 6.45) is 0. The zero-order chi connectivity index (χ0) is 6.57. The number of halogens is 1. The van der Waals surface area contributed by atoms with Gasteiger partial charge in [0, 0.05) is 22.6 Å². The summed E-state index contributed by atoms with van der Waals surface area (Å²) in [6, 6.07) is -0.671. The lowest BCUT2D eigenvalue weighted by molar-refractivity contribution is -0.108. The molecular formula is C3H5IN2O2. The lowest BCUT2D eigenvalue weighted by Gasteiger charge is -1.92. The van der Waals surface area contributed by atoms with Crippen molar-refractivity contribution in [3.05, 3.63) is 0 Å². The van der Waals surface area contributed by atoms with Gasteiger partial charge in [-0.2, -0.15) is 0 Å². The number of carbonyl (C=O) groups is 2. The second kappa shape index (κ2) is 3.65. The molecular weight excluding hydrogens is 223 g/mol. The summed E-state index contributed by atoms with van der Waals surface area (Å²) in [5.41, 5.74) is 4.64. The summed E-state index contributed by atoms with van der Waals surface area (Å²) in [5.74, 6) is 0. The van der Waals surface area contributed by atoms with Gasteiger partial charge in [-0.3, -0.25) is 4.79 Å². The van der Waals surface area contributed by atoms with Crippen LogP contribution in [-0.4, -0.2) is 16.4 Å². The molecule has 5 heteroatoms. The van der Waals surface area contributed by atoms with E-state index in [0.29, 0.717) is 0 Å². The normalized spacial score (nSPS) is 8.12. The first-order valence-electron chi connectivity index (χ1n) is 1.84. The maximum absolute atomic E-state index is 10.1. The van der Waals surface area contributed by atoms with Gasteiger partial charge in [0.15, 0.2) is 0 Å². The van der Waals surface area contributed by atoms with Crippen LogP contribution in [0.3, 0.4) is 0 Å². The van der Waals surface area contributed by atoms with Crippen LogP contribution in [0.5, 0.6) is 0 Å². The smallest absolute Gasteiger partial charge is 0.312 e. The van der Waals surface area contributed by atoms with Crippen LogP contribution in [0.1, 0.15) is 0 Å². The minimum atomic E-state index is -0.671. The standard InChI is InChI=1S/C3H5IN2O2/c4-2(7)1-6-3(5)8/h1H2,(H3,5,6,8). The van der Waals surface area contributed by atoms with Crippen LogP contribution in [0.15, 0.2) is 0 Å². The van der Waals surface area contributed by atoms with Crippen LogP contribution in [-0.2, 0) is 4.79 Å². The van der Waals surface area contributed by atoms with Gasteiger partial charge in [0.05, 0.1) is 6.54 Å². The van der Waals surface area contributed by atoms with Gasteiger partial charge in [-0.15, -0.1) is 0 Å². The molecule has 0 fully saturated rings. The molecule has 2 amide bonds. The van der Waals surface area contributed by atoms with Crippen molar-refractivity contribution in [3.63, 3.8) is 0 Å². The van der Waals surface area contributed by atoms with Crippen LogP contribution in [0.2, 0.25) is 0 Å². The van der Waals surface area contributed by atoms with Crippen LogP contribution in [0, 0.1) is 0 Å². The molecule has 0 aliphatic rings. The number of hydrogen-bond acceptors (Lipinski definition) is 2. The number of hydrogen-bond donors (Lipinski definition) is 2.